The Morgan fingerprint density at radius 2 is 1.63 bits per heavy atom. The van der Waals surface area contributed by atoms with Gasteiger partial charge in [0, 0.05) is 23.6 Å². The Balaban J connectivity index is 2.07. The third-order valence-corrected chi connectivity index (χ3v) is 3.51. The standard InChI is InChI=1S/C16H16BrNO/c1-12-3-5-13(6-4-12)11-18(2)16(19)14-7-9-15(17)10-8-14/h3-10H,11H2,1-2H3. The van der Waals surface area contributed by atoms with Crippen LogP contribution in [0.1, 0.15) is 21.5 Å². The first kappa shape index (κ1) is 13.8. The van der Waals surface area contributed by atoms with Gasteiger partial charge < -0.3 is 4.90 Å². The molecule has 2 aromatic carbocycles. The van der Waals surface area contributed by atoms with Crippen molar-refractivity contribution in [3.05, 3.63) is 69.7 Å². The summed E-state index contributed by atoms with van der Waals surface area (Å²) in [5.41, 5.74) is 3.07. The summed E-state index contributed by atoms with van der Waals surface area (Å²) in [5.74, 6) is 0.0353. The van der Waals surface area contributed by atoms with Crippen molar-refractivity contribution in [1.29, 1.82) is 0 Å². The van der Waals surface area contributed by atoms with E-state index in [2.05, 4.69) is 47.1 Å². The predicted molar refractivity (Wildman–Crippen MR) is 81.1 cm³/mol. The molecule has 0 aliphatic heterocycles. The van der Waals surface area contributed by atoms with E-state index in [9.17, 15) is 4.79 Å². The van der Waals surface area contributed by atoms with Gasteiger partial charge in [-0.2, -0.15) is 0 Å². The molecule has 0 heterocycles. The molecule has 0 spiro atoms. The van der Waals surface area contributed by atoms with Gasteiger partial charge in [-0.25, -0.2) is 0 Å². The zero-order chi connectivity index (χ0) is 13.8. The van der Waals surface area contributed by atoms with Crippen LogP contribution in [0, 0.1) is 6.92 Å². The fourth-order valence-corrected chi connectivity index (χ4v) is 2.12. The van der Waals surface area contributed by atoms with Crippen molar-refractivity contribution in [3.8, 4) is 0 Å². The first-order valence-corrected chi connectivity index (χ1v) is 6.92. The summed E-state index contributed by atoms with van der Waals surface area (Å²) in [6, 6.07) is 15.7. The molecule has 0 saturated heterocycles. The molecule has 0 aromatic heterocycles. The van der Waals surface area contributed by atoms with E-state index in [1.54, 1.807) is 4.90 Å². The summed E-state index contributed by atoms with van der Waals surface area (Å²) in [7, 11) is 1.82. The first-order valence-electron chi connectivity index (χ1n) is 6.13. The zero-order valence-electron chi connectivity index (χ0n) is 11.1. The van der Waals surface area contributed by atoms with Crippen LogP contribution in [0.2, 0.25) is 0 Å². The second-order valence-corrected chi connectivity index (χ2v) is 5.57. The first-order chi connectivity index (χ1) is 9.06. The third kappa shape index (κ3) is 3.67. The molecule has 0 fully saturated rings. The molecule has 0 bridgehead atoms. The minimum absolute atomic E-state index is 0.0353. The van der Waals surface area contributed by atoms with Crippen LogP contribution in [-0.4, -0.2) is 17.9 Å². The number of carbonyl (C=O) groups excluding carboxylic acids is 1. The molecule has 0 N–H and O–H groups in total. The van der Waals surface area contributed by atoms with Gasteiger partial charge >= 0.3 is 0 Å². The number of aryl methyl sites for hydroxylation is 1. The lowest BCUT2D eigenvalue weighted by atomic mass is 10.1. The Hall–Kier alpha value is -1.61. The summed E-state index contributed by atoms with van der Waals surface area (Å²) in [4.78, 5) is 14.0. The van der Waals surface area contributed by atoms with Crippen LogP contribution in [0.3, 0.4) is 0 Å². The fourth-order valence-electron chi connectivity index (χ4n) is 1.85. The fraction of sp³-hybridized carbons (Fsp3) is 0.188. The predicted octanol–water partition coefficient (Wildman–Crippen LogP) is 4.03. The molecule has 2 aromatic rings. The Labute approximate surface area is 122 Å². The van der Waals surface area contributed by atoms with Crippen molar-refractivity contribution < 1.29 is 4.79 Å². The van der Waals surface area contributed by atoms with Gasteiger partial charge in [-0.3, -0.25) is 4.79 Å². The molecule has 19 heavy (non-hydrogen) atoms. The van der Waals surface area contributed by atoms with Crippen molar-refractivity contribution in [2.75, 3.05) is 7.05 Å². The van der Waals surface area contributed by atoms with Crippen molar-refractivity contribution in [2.24, 2.45) is 0 Å². The van der Waals surface area contributed by atoms with Crippen LogP contribution in [0.25, 0.3) is 0 Å². The third-order valence-electron chi connectivity index (χ3n) is 2.98. The summed E-state index contributed by atoms with van der Waals surface area (Å²) in [6.07, 6.45) is 0. The highest BCUT2D eigenvalue weighted by atomic mass is 79.9. The lowest BCUT2D eigenvalue weighted by Gasteiger charge is -2.17. The minimum Gasteiger partial charge on any atom is -0.337 e. The molecule has 0 unspecified atom stereocenters. The summed E-state index contributed by atoms with van der Waals surface area (Å²) >= 11 is 3.37. The van der Waals surface area contributed by atoms with E-state index < -0.39 is 0 Å². The van der Waals surface area contributed by atoms with Gasteiger partial charge in [-0.05, 0) is 36.8 Å². The monoisotopic (exact) mass is 317 g/mol. The maximum atomic E-state index is 12.2. The van der Waals surface area contributed by atoms with Crippen LogP contribution >= 0.6 is 15.9 Å². The van der Waals surface area contributed by atoms with E-state index in [4.69, 9.17) is 0 Å². The average Bonchev–Trinajstić information content (AvgIpc) is 2.41. The highest BCUT2D eigenvalue weighted by Crippen LogP contribution is 2.13. The second-order valence-electron chi connectivity index (χ2n) is 4.65. The van der Waals surface area contributed by atoms with Gasteiger partial charge in [-0.1, -0.05) is 45.8 Å². The molecular formula is C16H16BrNO. The normalized spacial score (nSPS) is 10.3. The van der Waals surface area contributed by atoms with Crippen LogP contribution < -0.4 is 0 Å². The quantitative estimate of drug-likeness (QED) is 0.837. The Kier molecular flexibility index (Phi) is 4.38. The number of rotatable bonds is 3. The number of hydrogen-bond donors (Lipinski definition) is 0. The number of carbonyl (C=O) groups is 1. The molecule has 1 amide bonds. The summed E-state index contributed by atoms with van der Waals surface area (Å²) in [5, 5.41) is 0. The van der Waals surface area contributed by atoms with Crippen molar-refractivity contribution in [1.82, 2.24) is 4.90 Å². The smallest absolute Gasteiger partial charge is 0.253 e. The number of benzene rings is 2. The minimum atomic E-state index is 0.0353. The number of hydrogen-bond acceptors (Lipinski definition) is 1. The van der Waals surface area contributed by atoms with E-state index in [0.29, 0.717) is 12.1 Å². The molecule has 0 aliphatic rings. The topological polar surface area (TPSA) is 20.3 Å². The van der Waals surface area contributed by atoms with Gasteiger partial charge in [0.2, 0.25) is 0 Å². The molecular weight excluding hydrogens is 302 g/mol. The Morgan fingerprint density at radius 1 is 1.05 bits per heavy atom. The lowest BCUT2D eigenvalue weighted by molar-refractivity contribution is 0.0785. The number of halogens is 1. The largest absolute Gasteiger partial charge is 0.337 e. The van der Waals surface area contributed by atoms with E-state index in [-0.39, 0.29) is 5.91 Å². The van der Waals surface area contributed by atoms with Crippen molar-refractivity contribution in [2.45, 2.75) is 13.5 Å². The molecule has 2 nitrogen and oxygen atoms in total. The van der Waals surface area contributed by atoms with Crippen molar-refractivity contribution >= 4 is 21.8 Å². The van der Waals surface area contributed by atoms with Crippen LogP contribution in [0.4, 0.5) is 0 Å². The molecule has 2 rings (SSSR count). The van der Waals surface area contributed by atoms with Gasteiger partial charge in [0.25, 0.3) is 5.91 Å². The molecule has 98 valence electrons. The second kappa shape index (κ2) is 6.02. The van der Waals surface area contributed by atoms with Crippen LogP contribution in [-0.2, 0) is 6.54 Å². The Bertz CT molecular complexity index is 560. The van der Waals surface area contributed by atoms with E-state index in [1.807, 2.05) is 31.3 Å². The lowest BCUT2D eigenvalue weighted by Crippen LogP contribution is -2.26. The zero-order valence-corrected chi connectivity index (χ0v) is 12.6. The highest BCUT2D eigenvalue weighted by molar-refractivity contribution is 9.10. The van der Waals surface area contributed by atoms with Gasteiger partial charge in [-0.15, -0.1) is 0 Å². The van der Waals surface area contributed by atoms with E-state index in [0.717, 1.165) is 10.0 Å². The van der Waals surface area contributed by atoms with Gasteiger partial charge in [0.05, 0.1) is 0 Å². The van der Waals surface area contributed by atoms with E-state index in [1.165, 1.54) is 5.56 Å². The maximum Gasteiger partial charge on any atom is 0.253 e. The summed E-state index contributed by atoms with van der Waals surface area (Å²) < 4.78 is 0.977. The highest BCUT2D eigenvalue weighted by Gasteiger charge is 2.11. The SMILES string of the molecule is Cc1ccc(CN(C)C(=O)c2ccc(Br)cc2)cc1. The number of nitrogens with zero attached hydrogens (tertiary/aromatic N) is 1. The molecule has 0 saturated carbocycles. The molecule has 0 aliphatic carbocycles. The molecule has 0 radical (unpaired) electrons. The van der Waals surface area contributed by atoms with Crippen LogP contribution in [0.15, 0.2) is 53.0 Å². The molecule has 3 heteroatoms. The van der Waals surface area contributed by atoms with Gasteiger partial charge in [0.15, 0.2) is 0 Å². The van der Waals surface area contributed by atoms with Gasteiger partial charge in [0.1, 0.15) is 0 Å². The van der Waals surface area contributed by atoms with E-state index >= 15 is 0 Å². The Morgan fingerprint density at radius 3 is 2.21 bits per heavy atom. The average molecular weight is 318 g/mol. The van der Waals surface area contributed by atoms with Crippen molar-refractivity contribution in [3.63, 3.8) is 0 Å². The molecule has 0 atom stereocenters. The summed E-state index contributed by atoms with van der Waals surface area (Å²) in [6.45, 7) is 2.68. The van der Waals surface area contributed by atoms with Crippen LogP contribution in [0.5, 0.6) is 0 Å². The number of amides is 1. The maximum absolute atomic E-state index is 12.2.